The molecular weight excluding hydrogens is 248 g/mol. The minimum absolute atomic E-state index is 0.302. The van der Waals surface area contributed by atoms with E-state index < -0.39 is 0 Å². The van der Waals surface area contributed by atoms with Crippen molar-refractivity contribution >= 4 is 39.2 Å². The Morgan fingerprint density at radius 3 is 3.18 bits per heavy atom. The minimum Gasteiger partial charge on any atom is -0.391 e. The molecule has 1 rings (SSSR count). The van der Waals surface area contributed by atoms with E-state index in [0.717, 1.165) is 4.34 Å². The van der Waals surface area contributed by atoms with Gasteiger partial charge in [-0.05, 0) is 11.5 Å². The van der Waals surface area contributed by atoms with Crippen molar-refractivity contribution in [2.24, 2.45) is 0 Å². The average molecular weight is 255 g/mol. The summed E-state index contributed by atoms with van der Waals surface area (Å²) in [6.07, 6.45) is 1.22. The Kier molecular flexibility index (Phi) is 4.36. The molecule has 0 fully saturated rings. The average Bonchev–Trinajstić information content (AvgIpc) is 2.52. The van der Waals surface area contributed by atoms with E-state index >= 15 is 0 Å². The Morgan fingerprint density at radius 2 is 2.64 bits per heavy atom. The summed E-state index contributed by atoms with van der Waals surface area (Å²) in [6, 6.07) is 0. The van der Waals surface area contributed by atoms with Crippen molar-refractivity contribution in [1.29, 1.82) is 0 Å². The summed E-state index contributed by atoms with van der Waals surface area (Å²) in [5, 5.41) is 9.76. The lowest BCUT2D eigenvalue weighted by molar-refractivity contribution is 0.226. The van der Waals surface area contributed by atoms with Gasteiger partial charge in [0.2, 0.25) is 0 Å². The van der Waals surface area contributed by atoms with Crippen molar-refractivity contribution in [2.75, 3.05) is 11.1 Å². The summed E-state index contributed by atoms with van der Waals surface area (Å²) < 4.78 is 4.75. The van der Waals surface area contributed by atoms with Gasteiger partial charge in [0, 0.05) is 11.1 Å². The number of rotatable bonds is 4. The van der Waals surface area contributed by atoms with Gasteiger partial charge in [-0.25, -0.2) is 4.98 Å². The second kappa shape index (κ2) is 5.08. The van der Waals surface area contributed by atoms with Crippen LogP contribution in [0.15, 0.2) is 10.7 Å². The highest BCUT2D eigenvalue weighted by Crippen LogP contribution is 2.19. The summed E-state index contributed by atoms with van der Waals surface area (Å²) in [5.74, 6) is 0.667. The molecule has 3 nitrogen and oxygen atoms in total. The first-order valence-corrected chi connectivity index (χ1v) is 5.84. The highest BCUT2D eigenvalue weighted by molar-refractivity contribution is 9.09. The Hall–Kier alpha value is 0.350. The molecule has 1 unspecified atom stereocenters. The van der Waals surface area contributed by atoms with Crippen LogP contribution in [-0.2, 0) is 0 Å². The number of alkyl halides is 1. The van der Waals surface area contributed by atoms with E-state index in [0.29, 0.717) is 11.1 Å². The van der Waals surface area contributed by atoms with Crippen LogP contribution >= 0.6 is 39.2 Å². The van der Waals surface area contributed by atoms with Gasteiger partial charge in [-0.3, -0.25) is 0 Å². The summed E-state index contributed by atoms with van der Waals surface area (Å²) in [5.41, 5.74) is 0. The first-order valence-electron chi connectivity index (χ1n) is 2.96. The number of aliphatic hydroxyl groups excluding tert-OH is 1. The highest BCUT2D eigenvalue weighted by atomic mass is 79.9. The molecular formula is C5H7BrN2OS2. The molecule has 1 aromatic heterocycles. The number of halogens is 1. The number of nitrogens with zero attached hydrogens (tertiary/aromatic N) is 2. The monoisotopic (exact) mass is 254 g/mol. The van der Waals surface area contributed by atoms with Crippen molar-refractivity contribution in [1.82, 2.24) is 9.36 Å². The molecule has 1 N–H and O–H groups in total. The van der Waals surface area contributed by atoms with Crippen LogP contribution in [-0.4, -0.2) is 31.7 Å². The molecule has 6 heteroatoms. The molecule has 0 aliphatic carbocycles. The maximum absolute atomic E-state index is 9.15. The number of thioether (sulfide) groups is 1. The largest absolute Gasteiger partial charge is 0.391 e. The van der Waals surface area contributed by atoms with Gasteiger partial charge in [-0.15, -0.1) is 0 Å². The second-order valence-corrected chi connectivity index (χ2v) is 4.52. The fraction of sp³-hybridized carbons (Fsp3) is 0.600. The normalized spacial score (nSPS) is 13.3. The lowest BCUT2D eigenvalue weighted by atomic mass is 10.5. The molecule has 0 bridgehead atoms. The van der Waals surface area contributed by atoms with Crippen molar-refractivity contribution in [2.45, 2.75) is 10.4 Å². The lowest BCUT2D eigenvalue weighted by Gasteiger charge is -2.02. The van der Waals surface area contributed by atoms with Crippen molar-refractivity contribution < 1.29 is 5.11 Å². The Morgan fingerprint density at radius 1 is 1.82 bits per heavy atom. The molecule has 0 spiro atoms. The van der Waals surface area contributed by atoms with Crippen LogP contribution in [0.1, 0.15) is 0 Å². The van der Waals surface area contributed by atoms with Crippen molar-refractivity contribution in [3.63, 3.8) is 0 Å². The summed E-state index contributed by atoms with van der Waals surface area (Å²) >= 11 is 6.06. The standard InChI is InChI=1S/C5H7BrN2OS2/c6-1-4(9)2-10-5-7-3-8-11-5/h3-4,9H,1-2H2. The maximum atomic E-state index is 9.15. The van der Waals surface area contributed by atoms with Gasteiger partial charge in [0.1, 0.15) is 6.33 Å². The second-order valence-electron chi connectivity index (χ2n) is 1.83. The predicted octanol–water partition coefficient (Wildman–Crippen LogP) is 1.39. The zero-order chi connectivity index (χ0) is 8.10. The third-order valence-electron chi connectivity index (χ3n) is 0.918. The summed E-state index contributed by atoms with van der Waals surface area (Å²) in [6.45, 7) is 0. The lowest BCUT2D eigenvalue weighted by Crippen LogP contribution is -2.10. The van der Waals surface area contributed by atoms with Gasteiger partial charge in [0.05, 0.1) is 6.10 Å². The van der Waals surface area contributed by atoms with Crippen molar-refractivity contribution in [3.8, 4) is 0 Å². The minimum atomic E-state index is -0.302. The van der Waals surface area contributed by atoms with Crippen LogP contribution in [0.25, 0.3) is 0 Å². The molecule has 1 atom stereocenters. The topological polar surface area (TPSA) is 46.0 Å². The molecule has 1 aromatic rings. The van der Waals surface area contributed by atoms with Crippen LogP contribution in [0.3, 0.4) is 0 Å². The number of aliphatic hydroxyl groups is 1. The van der Waals surface area contributed by atoms with Crippen LogP contribution in [0, 0.1) is 0 Å². The Bertz CT molecular complexity index is 194. The van der Waals surface area contributed by atoms with E-state index in [1.54, 1.807) is 0 Å². The van der Waals surface area contributed by atoms with E-state index in [9.17, 15) is 0 Å². The number of hydrogen-bond acceptors (Lipinski definition) is 5. The quantitative estimate of drug-likeness (QED) is 0.652. The fourth-order valence-corrected chi connectivity index (χ4v) is 2.37. The van der Waals surface area contributed by atoms with E-state index in [1.807, 2.05) is 0 Å². The SMILES string of the molecule is OC(CBr)CSc1ncns1. The van der Waals surface area contributed by atoms with Crippen LogP contribution in [0.5, 0.6) is 0 Å². The third-order valence-corrected chi connectivity index (χ3v) is 3.61. The van der Waals surface area contributed by atoms with Crippen molar-refractivity contribution in [3.05, 3.63) is 6.33 Å². The van der Waals surface area contributed by atoms with Gasteiger partial charge >= 0.3 is 0 Å². The predicted molar refractivity (Wildman–Crippen MR) is 50.4 cm³/mol. The van der Waals surface area contributed by atoms with Gasteiger partial charge in [-0.1, -0.05) is 27.7 Å². The molecule has 0 aliphatic rings. The molecule has 0 saturated heterocycles. The number of hydrogen-bond donors (Lipinski definition) is 1. The fourth-order valence-electron chi connectivity index (χ4n) is 0.439. The molecule has 0 amide bonds. The van der Waals surface area contributed by atoms with E-state index in [4.69, 9.17) is 5.11 Å². The first kappa shape index (κ1) is 9.44. The van der Waals surface area contributed by atoms with E-state index in [2.05, 4.69) is 25.3 Å². The van der Waals surface area contributed by atoms with E-state index in [1.165, 1.54) is 29.6 Å². The Labute approximate surface area is 81.5 Å². The van der Waals surface area contributed by atoms with Gasteiger partial charge in [-0.2, -0.15) is 4.37 Å². The Balaban J connectivity index is 2.23. The molecule has 0 aliphatic heterocycles. The third kappa shape index (κ3) is 3.50. The smallest absolute Gasteiger partial charge is 0.169 e. The summed E-state index contributed by atoms with van der Waals surface area (Å²) in [4.78, 5) is 3.97. The first-order chi connectivity index (χ1) is 5.33. The van der Waals surface area contributed by atoms with Crippen LogP contribution in [0.4, 0.5) is 0 Å². The molecule has 0 saturated carbocycles. The molecule has 0 radical (unpaired) electrons. The maximum Gasteiger partial charge on any atom is 0.169 e. The summed E-state index contributed by atoms with van der Waals surface area (Å²) in [7, 11) is 0. The zero-order valence-corrected chi connectivity index (χ0v) is 8.82. The van der Waals surface area contributed by atoms with Gasteiger partial charge in [0.15, 0.2) is 4.34 Å². The molecule has 1 heterocycles. The van der Waals surface area contributed by atoms with Crippen LogP contribution < -0.4 is 0 Å². The molecule has 11 heavy (non-hydrogen) atoms. The van der Waals surface area contributed by atoms with Gasteiger partial charge < -0.3 is 5.11 Å². The molecule has 0 aromatic carbocycles. The van der Waals surface area contributed by atoms with E-state index in [-0.39, 0.29) is 6.10 Å². The number of aromatic nitrogens is 2. The van der Waals surface area contributed by atoms with Crippen LogP contribution in [0.2, 0.25) is 0 Å². The molecule has 62 valence electrons. The highest BCUT2D eigenvalue weighted by Gasteiger charge is 2.03. The zero-order valence-electron chi connectivity index (χ0n) is 5.61. The van der Waals surface area contributed by atoms with Gasteiger partial charge in [0.25, 0.3) is 0 Å².